The summed E-state index contributed by atoms with van der Waals surface area (Å²) in [5.74, 6) is 0. The van der Waals surface area contributed by atoms with Gasteiger partial charge in [-0.05, 0) is 0 Å². The smallest absolute Gasteiger partial charge is 0.332 e. The summed E-state index contributed by atoms with van der Waals surface area (Å²) in [4.78, 5) is 10.4. The van der Waals surface area contributed by atoms with Gasteiger partial charge in [-0.15, -0.1) is 0 Å². The third kappa shape index (κ3) is 2.00. The second kappa shape index (κ2) is 4.01. The zero-order chi connectivity index (χ0) is 11.5. The van der Waals surface area contributed by atoms with Crippen molar-refractivity contribution >= 4 is 23.1 Å². The molecule has 3 N–H and O–H groups in total. The van der Waals surface area contributed by atoms with Crippen LogP contribution in [0.5, 0.6) is 0 Å². The van der Waals surface area contributed by atoms with Gasteiger partial charge in [0.1, 0.15) is 5.52 Å². The van der Waals surface area contributed by atoms with Crippen LogP contribution in [0.2, 0.25) is 0 Å². The molecule has 0 aliphatic heterocycles. The number of urea groups is 1. The van der Waals surface area contributed by atoms with Crippen LogP contribution in [-0.4, -0.2) is 22.0 Å². The van der Waals surface area contributed by atoms with Gasteiger partial charge in [0.05, 0.1) is 6.21 Å². The van der Waals surface area contributed by atoms with Crippen LogP contribution < -0.4 is 11.2 Å². The molecule has 1 aromatic carbocycles. The molecule has 2 aromatic rings. The number of fused-ring (bicyclic) bond motifs is 1. The van der Waals surface area contributed by atoms with Crippen LogP contribution in [-0.2, 0) is 7.05 Å². The summed E-state index contributed by atoms with van der Waals surface area (Å²) in [6.07, 6.45) is 3.42. The van der Waals surface area contributed by atoms with Gasteiger partial charge in [0.25, 0.3) is 0 Å². The van der Waals surface area contributed by atoms with Crippen molar-refractivity contribution in [3.8, 4) is 0 Å². The number of amides is 2. The molecule has 2 rings (SSSR count). The third-order valence-corrected chi connectivity index (χ3v) is 2.06. The van der Waals surface area contributed by atoms with Crippen molar-refractivity contribution in [3.05, 3.63) is 30.0 Å². The molecule has 6 heteroatoms. The number of nitrogens with zero attached hydrogens (tertiary/aromatic N) is 3. The number of hydrogen-bond acceptors (Lipinski definition) is 3. The second-order valence-corrected chi connectivity index (χ2v) is 3.32. The Morgan fingerprint density at radius 1 is 1.62 bits per heavy atom. The Labute approximate surface area is 91.7 Å². The van der Waals surface area contributed by atoms with Crippen molar-refractivity contribution in [1.29, 1.82) is 0 Å². The SMILES string of the molecule is Cn1cc2cccc(C=NNC(N)=O)c2n1. The molecule has 0 bridgehead atoms. The van der Waals surface area contributed by atoms with Gasteiger partial charge in [-0.1, -0.05) is 18.2 Å². The summed E-state index contributed by atoms with van der Waals surface area (Å²) < 4.78 is 1.73. The highest BCUT2D eigenvalue weighted by molar-refractivity contribution is 5.97. The monoisotopic (exact) mass is 217 g/mol. The molecular formula is C10H11N5O. The largest absolute Gasteiger partial charge is 0.350 e. The Bertz CT molecular complexity index is 557. The molecule has 6 nitrogen and oxygen atoms in total. The number of hydrogen-bond donors (Lipinski definition) is 2. The summed E-state index contributed by atoms with van der Waals surface area (Å²) in [7, 11) is 1.85. The van der Waals surface area contributed by atoms with E-state index in [1.165, 1.54) is 6.21 Å². The molecular weight excluding hydrogens is 206 g/mol. The van der Waals surface area contributed by atoms with Crippen molar-refractivity contribution in [3.63, 3.8) is 0 Å². The van der Waals surface area contributed by atoms with Crippen molar-refractivity contribution in [1.82, 2.24) is 15.2 Å². The minimum absolute atomic E-state index is 0.690. The summed E-state index contributed by atoms with van der Waals surface area (Å²) in [5.41, 5.74) is 8.69. The van der Waals surface area contributed by atoms with Crippen LogP contribution >= 0.6 is 0 Å². The first-order valence-electron chi connectivity index (χ1n) is 4.67. The maximum Gasteiger partial charge on any atom is 0.332 e. The number of primary amides is 1. The lowest BCUT2D eigenvalue weighted by Gasteiger charge is -1.94. The molecule has 0 saturated heterocycles. The number of rotatable bonds is 2. The van der Waals surface area contributed by atoms with E-state index in [1.54, 1.807) is 4.68 Å². The predicted molar refractivity (Wildman–Crippen MR) is 61.0 cm³/mol. The fourth-order valence-corrected chi connectivity index (χ4v) is 1.46. The molecule has 0 radical (unpaired) electrons. The van der Waals surface area contributed by atoms with E-state index in [2.05, 4.69) is 15.6 Å². The lowest BCUT2D eigenvalue weighted by atomic mass is 10.2. The average molecular weight is 217 g/mol. The molecule has 0 aliphatic rings. The van der Waals surface area contributed by atoms with Gasteiger partial charge in [0, 0.05) is 24.2 Å². The highest BCUT2D eigenvalue weighted by atomic mass is 16.2. The average Bonchev–Trinajstić information content (AvgIpc) is 2.58. The van der Waals surface area contributed by atoms with E-state index >= 15 is 0 Å². The molecule has 0 atom stereocenters. The highest BCUT2D eigenvalue weighted by Crippen LogP contribution is 2.14. The van der Waals surface area contributed by atoms with E-state index < -0.39 is 6.03 Å². The molecule has 0 saturated carbocycles. The number of benzene rings is 1. The number of nitrogens with two attached hydrogens (primary N) is 1. The van der Waals surface area contributed by atoms with Gasteiger partial charge in [-0.2, -0.15) is 10.2 Å². The Morgan fingerprint density at radius 2 is 2.44 bits per heavy atom. The van der Waals surface area contributed by atoms with E-state index in [0.717, 1.165) is 16.5 Å². The van der Waals surface area contributed by atoms with E-state index in [1.807, 2.05) is 31.4 Å². The van der Waals surface area contributed by atoms with Gasteiger partial charge in [0.2, 0.25) is 0 Å². The number of hydrazone groups is 1. The minimum atomic E-state index is -0.690. The fraction of sp³-hybridized carbons (Fsp3) is 0.100. The quantitative estimate of drug-likeness (QED) is 0.569. The number of nitrogens with one attached hydrogen (secondary N) is 1. The molecule has 2 amide bonds. The minimum Gasteiger partial charge on any atom is -0.350 e. The van der Waals surface area contributed by atoms with Crippen molar-refractivity contribution in [2.45, 2.75) is 0 Å². The topological polar surface area (TPSA) is 85.3 Å². The van der Waals surface area contributed by atoms with Crippen molar-refractivity contribution in [2.24, 2.45) is 17.9 Å². The summed E-state index contributed by atoms with van der Waals surface area (Å²) in [5, 5.41) is 9.01. The van der Waals surface area contributed by atoms with Crippen LogP contribution in [0.15, 0.2) is 29.5 Å². The maximum absolute atomic E-state index is 10.4. The fourth-order valence-electron chi connectivity index (χ4n) is 1.46. The predicted octanol–water partition coefficient (Wildman–Crippen LogP) is 0.576. The Kier molecular flexibility index (Phi) is 2.55. The van der Waals surface area contributed by atoms with Crippen molar-refractivity contribution in [2.75, 3.05) is 0 Å². The normalized spacial score (nSPS) is 11.1. The van der Waals surface area contributed by atoms with Crippen LogP contribution in [0.4, 0.5) is 4.79 Å². The zero-order valence-corrected chi connectivity index (χ0v) is 8.71. The molecule has 16 heavy (non-hydrogen) atoms. The number of carbonyl (C=O) groups excluding carboxylic acids is 1. The molecule has 1 aromatic heterocycles. The van der Waals surface area contributed by atoms with E-state index in [9.17, 15) is 4.79 Å². The Hall–Kier alpha value is -2.37. The van der Waals surface area contributed by atoms with Crippen LogP contribution in [0, 0.1) is 0 Å². The first-order valence-corrected chi connectivity index (χ1v) is 4.67. The lowest BCUT2D eigenvalue weighted by Crippen LogP contribution is -2.24. The van der Waals surface area contributed by atoms with E-state index in [4.69, 9.17) is 5.73 Å². The van der Waals surface area contributed by atoms with Gasteiger partial charge in [-0.25, -0.2) is 10.2 Å². The van der Waals surface area contributed by atoms with Crippen molar-refractivity contribution < 1.29 is 4.79 Å². The molecule has 0 spiro atoms. The Balaban J connectivity index is 2.36. The van der Waals surface area contributed by atoms with Crippen LogP contribution in [0.3, 0.4) is 0 Å². The standard InChI is InChI=1S/C10H11N5O/c1-15-6-8-4-2-3-7(9(8)14-15)5-12-13-10(11)16/h2-6H,1H3,(H3,11,13,16). The zero-order valence-electron chi connectivity index (χ0n) is 8.71. The summed E-state index contributed by atoms with van der Waals surface area (Å²) in [6, 6.07) is 5.03. The van der Waals surface area contributed by atoms with E-state index in [0.29, 0.717) is 0 Å². The number of carbonyl (C=O) groups is 1. The van der Waals surface area contributed by atoms with Gasteiger partial charge in [-0.3, -0.25) is 4.68 Å². The first kappa shape index (κ1) is 10.2. The molecule has 1 heterocycles. The molecule has 0 fully saturated rings. The molecule has 82 valence electrons. The van der Waals surface area contributed by atoms with Gasteiger partial charge < -0.3 is 5.73 Å². The highest BCUT2D eigenvalue weighted by Gasteiger charge is 2.02. The Morgan fingerprint density at radius 3 is 3.19 bits per heavy atom. The number of aryl methyl sites for hydroxylation is 1. The number of aromatic nitrogens is 2. The summed E-state index contributed by atoms with van der Waals surface area (Å²) in [6.45, 7) is 0. The van der Waals surface area contributed by atoms with Crippen LogP contribution in [0.1, 0.15) is 5.56 Å². The molecule has 0 unspecified atom stereocenters. The van der Waals surface area contributed by atoms with Gasteiger partial charge in [0.15, 0.2) is 0 Å². The van der Waals surface area contributed by atoms with E-state index in [-0.39, 0.29) is 0 Å². The second-order valence-electron chi connectivity index (χ2n) is 3.32. The maximum atomic E-state index is 10.4. The van der Waals surface area contributed by atoms with Gasteiger partial charge >= 0.3 is 6.03 Å². The lowest BCUT2D eigenvalue weighted by molar-refractivity contribution is 0.249. The van der Waals surface area contributed by atoms with Crippen LogP contribution in [0.25, 0.3) is 10.9 Å². The first-order chi connectivity index (χ1) is 7.66. The molecule has 0 aliphatic carbocycles. The summed E-state index contributed by atoms with van der Waals surface area (Å²) >= 11 is 0. The third-order valence-electron chi connectivity index (χ3n) is 2.06.